The van der Waals surface area contributed by atoms with Crippen LogP contribution in [0.2, 0.25) is 0 Å². The summed E-state index contributed by atoms with van der Waals surface area (Å²) in [4.78, 5) is 4.56. The van der Waals surface area contributed by atoms with Crippen LogP contribution in [0.25, 0.3) is 11.0 Å². The molecular weight excluding hydrogens is 264 g/mol. The van der Waals surface area contributed by atoms with Gasteiger partial charge in [0.25, 0.3) is 0 Å². The fraction of sp³-hybridized carbons (Fsp3) is 0.500. The topological polar surface area (TPSA) is 36.3 Å². The summed E-state index contributed by atoms with van der Waals surface area (Å²) in [6.45, 7) is 3.72. The Balaban J connectivity index is 2.40. The first kappa shape index (κ1) is 14.2. The van der Waals surface area contributed by atoms with Crippen molar-refractivity contribution in [3.05, 3.63) is 24.0 Å². The lowest BCUT2D eigenvalue weighted by Gasteiger charge is -2.14. The van der Waals surface area contributed by atoms with Crippen LogP contribution in [0.5, 0.6) is 5.75 Å². The summed E-state index contributed by atoms with van der Waals surface area (Å²) in [5.74, 6) is 2.50. The summed E-state index contributed by atoms with van der Waals surface area (Å²) in [5.41, 5.74) is 2.00. The first-order chi connectivity index (χ1) is 9.19. The van der Waals surface area contributed by atoms with Crippen LogP contribution in [0, 0.1) is 5.92 Å². The highest BCUT2D eigenvalue weighted by Gasteiger charge is 2.13. The van der Waals surface area contributed by atoms with E-state index in [0.29, 0.717) is 11.8 Å². The molecule has 0 aliphatic carbocycles. The Hall–Kier alpha value is -1.26. The number of nitrogens with zero attached hydrogens (tertiary/aromatic N) is 2. The summed E-state index contributed by atoms with van der Waals surface area (Å²) in [6.07, 6.45) is 0. The van der Waals surface area contributed by atoms with Crippen LogP contribution in [0.4, 0.5) is 0 Å². The van der Waals surface area contributed by atoms with Gasteiger partial charge >= 0.3 is 0 Å². The van der Waals surface area contributed by atoms with Gasteiger partial charge in [-0.05, 0) is 18.1 Å². The molecule has 0 N–H and O–H groups in total. The van der Waals surface area contributed by atoms with Crippen LogP contribution in [-0.2, 0) is 17.2 Å². The van der Waals surface area contributed by atoms with E-state index in [1.807, 2.05) is 18.2 Å². The smallest absolute Gasteiger partial charge is 0.124 e. The molecule has 2 aromatic rings. The van der Waals surface area contributed by atoms with Crippen LogP contribution in [0.1, 0.15) is 12.7 Å². The minimum atomic E-state index is 0.400. The molecule has 1 aromatic heterocycles. The molecule has 2 rings (SSSR count). The molecule has 1 atom stereocenters. The van der Waals surface area contributed by atoms with Crippen molar-refractivity contribution in [1.29, 1.82) is 0 Å². The average Bonchev–Trinajstić information content (AvgIpc) is 2.76. The molecule has 5 heteroatoms. The summed E-state index contributed by atoms with van der Waals surface area (Å²) in [5, 5.41) is 0. The number of ether oxygens (including phenoxy) is 2. The van der Waals surface area contributed by atoms with Crippen molar-refractivity contribution in [2.24, 2.45) is 5.92 Å². The van der Waals surface area contributed by atoms with Gasteiger partial charge < -0.3 is 14.0 Å². The van der Waals surface area contributed by atoms with Crippen molar-refractivity contribution in [2.45, 2.75) is 19.3 Å². The third kappa shape index (κ3) is 3.01. The Bertz CT molecular complexity index is 554. The van der Waals surface area contributed by atoms with Gasteiger partial charge in [0.2, 0.25) is 0 Å². The number of halogens is 1. The largest absolute Gasteiger partial charge is 0.497 e. The van der Waals surface area contributed by atoms with Crippen LogP contribution >= 0.6 is 11.6 Å². The molecular formula is C14H19ClN2O2. The molecule has 1 aromatic carbocycles. The van der Waals surface area contributed by atoms with E-state index in [4.69, 9.17) is 21.1 Å². The maximum absolute atomic E-state index is 5.99. The molecule has 0 bridgehead atoms. The van der Waals surface area contributed by atoms with E-state index in [2.05, 4.69) is 16.5 Å². The van der Waals surface area contributed by atoms with Gasteiger partial charge in [-0.25, -0.2) is 4.98 Å². The standard InChI is InChI=1S/C14H19ClN2O2/c1-10(9-18-2)8-17-13-5-4-11(19-3)6-12(13)16-14(17)7-15/h4-6,10H,7-9H2,1-3H3. The SMILES string of the molecule is COCC(C)Cn1c(CCl)nc2cc(OC)ccc21. The number of imidazole rings is 1. The van der Waals surface area contributed by atoms with Crippen LogP contribution < -0.4 is 4.74 Å². The van der Waals surface area contributed by atoms with E-state index in [9.17, 15) is 0 Å². The zero-order chi connectivity index (χ0) is 13.8. The number of fused-ring (bicyclic) bond motifs is 1. The van der Waals surface area contributed by atoms with E-state index in [-0.39, 0.29) is 0 Å². The van der Waals surface area contributed by atoms with E-state index in [0.717, 1.165) is 35.8 Å². The Kier molecular flexibility index (Phi) is 4.66. The van der Waals surface area contributed by atoms with Crippen molar-refractivity contribution < 1.29 is 9.47 Å². The summed E-state index contributed by atoms with van der Waals surface area (Å²) >= 11 is 5.99. The molecule has 0 aliphatic heterocycles. The zero-order valence-corrected chi connectivity index (χ0v) is 12.3. The highest BCUT2D eigenvalue weighted by molar-refractivity contribution is 6.16. The maximum atomic E-state index is 5.99. The Morgan fingerprint density at radius 2 is 2.16 bits per heavy atom. The molecule has 1 heterocycles. The summed E-state index contributed by atoms with van der Waals surface area (Å²) in [7, 11) is 3.37. The van der Waals surface area contributed by atoms with Gasteiger partial charge in [0, 0.05) is 19.7 Å². The molecule has 0 radical (unpaired) electrons. The molecule has 0 saturated carbocycles. The fourth-order valence-corrected chi connectivity index (χ4v) is 2.45. The molecule has 0 aliphatic rings. The number of methoxy groups -OCH3 is 2. The van der Waals surface area contributed by atoms with E-state index in [1.54, 1.807) is 14.2 Å². The predicted octanol–water partition coefficient (Wildman–Crippen LogP) is 3.07. The molecule has 19 heavy (non-hydrogen) atoms. The van der Waals surface area contributed by atoms with Crippen LogP contribution in [0.15, 0.2) is 18.2 Å². The number of hydrogen-bond donors (Lipinski definition) is 0. The average molecular weight is 283 g/mol. The fourth-order valence-electron chi connectivity index (χ4n) is 2.24. The van der Waals surface area contributed by atoms with Crippen molar-refractivity contribution in [3.8, 4) is 5.75 Å². The second-order valence-corrected chi connectivity index (χ2v) is 4.95. The van der Waals surface area contributed by atoms with E-state index < -0.39 is 0 Å². The summed E-state index contributed by atoms with van der Waals surface area (Å²) < 4.78 is 12.6. The molecule has 0 spiro atoms. The molecule has 104 valence electrons. The first-order valence-corrected chi connectivity index (χ1v) is 6.81. The van der Waals surface area contributed by atoms with Gasteiger partial charge in [-0.1, -0.05) is 6.92 Å². The molecule has 0 amide bonds. The Labute approximate surface area is 118 Å². The van der Waals surface area contributed by atoms with Crippen LogP contribution in [-0.4, -0.2) is 30.4 Å². The number of aromatic nitrogens is 2. The highest BCUT2D eigenvalue weighted by Crippen LogP contribution is 2.23. The van der Waals surface area contributed by atoms with Crippen molar-refractivity contribution in [2.75, 3.05) is 20.8 Å². The lowest BCUT2D eigenvalue weighted by Crippen LogP contribution is -2.14. The van der Waals surface area contributed by atoms with Crippen molar-refractivity contribution >= 4 is 22.6 Å². The minimum absolute atomic E-state index is 0.400. The second-order valence-electron chi connectivity index (χ2n) is 4.69. The van der Waals surface area contributed by atoms with Gasteiger partial charge in [-0.15, -0.1) is 11.6 Å². The van der Waals surface area contributed by atoms with E-state index >= 15 is 0 Å². The van der Waals surface area contributed by atoms with Crippen molar-refractivity contribution in [3.63, 3.8) is 0 Å². The number of hydrogen-bond acceptors (Lipinski definition) is 3. The normalized spacial score (nSPS) is 12.8. The van der Waals surface area contributed by atoms with Gasteiger partial charge in [0.15, 0.2) is 0 Å². The molecule has 0 fully saturated rings. The van der Waals surface area contributed by atoms with Crippen LogP contribution in [0.3, 0.4) is 0 Å². The minimum Gasteiger partial charge on any atom is -0.497 e. The first-order valence-electron chi connectivity index (χ1n) is 6.27. The van der Waals surface area contributed by atoms with E-state index in [1.165, 1.54) is 0 Å². The number of alkyl halides is 1. The quantitative estimate of drug-likeness (QED) is 0.764. The van der Waals surface area contributed by atoms with Gasteiger partial charge in [-0.3, -0.25) is 0 Å². The Morgan fingerprint density at radius 1 is 1.37 bits per heavy atom. The number of benzene rings is 1. The van der Waals surface area contributed by atoms with Gasteiger partial charge in [0.1, 0.15) is 11.6 Å². The van der Waals surface area contributed by atoms with Gasteiger partial charge in [-0.2, -0.15) is 0 Å². The third-order valence-electron chi connectivity index (χ3n) is 3.10. The lowest BCUT2D eigenvalue weighted by atomic mass is 10.2. The second kappa shape index (κ2) is 6.26. The highest BCUT2D eigenvalue weighted by atomic mass is 35.5. The third-order valence-corrected chi connectivity index (χ3v) is 3.34. The van der Waals surface area contributed by atoms with Gasteiger partial charge in [0.05, 0.1) is 30.6 Å². The zero-order valence-electron chi connectivity index (χ0n) is 11.5. The maximum Gasteiger partial charge on any atom is 0.124 e. The predicted molar refractivity (Wildman–Crippen MR) is 76.9 cm³/mol. The molecule has 1 unspecified atom stereocenters. The lowest BCUT2D eigenvalue weighted by molar-refractivity contribution is 0.151. The summed E-state index contributed by atoms with van der Waals surface area (Å²) in [6, 6.07) is 5.90. The molecule has 4 nitrogen and oxygen atoms in total. The monoisotopic (exact) mass is 282 g/mol. The molecule has 0 saturated heterocycles. The van der Waals surface area contributed by atoms with Crippen molar-refractivity contribution in [1.82, 2.24) is 9.55 Å². The Morgan fingerprint density at radius 3 is 2.79 bits per heavy atom. The number of rotatable bonds is 6.